The molecule has 0 spiro atoms. The zero-order valence-electron chi connectivity index (χ0n) is 12.1. The van der Waals surface area contributed by atoms with E-state index < -0.39 is 0 Å². The van der Waals surface area contributed by atoms with Gasteiger partial charge in [0.25, 0.3) is 0 Å². The second-order valence-electron chi connectivity index (χ2n) is 5.58. The highest BCUT2D eigenvalue weighted by molar-refractivity contribution is 7.09. The van der Waals surface area contributed by atoms with Gasteiger partial charge in [0.15, 0.2) is 0 Å². The maximum absolute atomic E-state index is 12.3. The third kappa shape index (κ3) is 4.44. The van der Waals surface area contributed by atoms with E-state index in [1.165, 1.54) is 4.88 Å². The van der Waals surface area contributed by atoms with E-state index in [1.807, 2.05) is 4.90 Å². The average molecular weight is 293 g/mol. The van der Waals surface area contributed by atoms with Crippen molar-refractivity contribution in [1.29, 1.82) is 0 Å². The third-order valence-corrected chi connectivity index (χ3v) is 4.80. The molecule has 0 bridgehead atoms. The van der Waals surface area contributed by atoms with Gasteiger partial charge in [-0.25, -0.2) is 0 Å². The van der Waals surface area contributed by atoms with Crippen LogP contribution in [0.4, 0.5) is 0 Å². The number of hydrogen-bond donors (Lipinski definition) is 0. The highest BCUT2D eigenvalue weighted by Crippen LogP contribution is 2.21. The molecule has 110 valence electrons. The number of amides is 1. The second kappa shape index (κ2) is 7.58. The van der Waals surface area contributed by atoms with Crippen molar-refractivity contribution in [1.82, 2.24) is 4.90 Å². The highest BCUT2D eigenvalue weighted by Gasteiger charge is 2.26. The predicted octanol–water partition coefficient (Wildman–Crippen LogP) is 3.43. The van der Waals surface area contributed by atoms with Crippen molar-refractivity contribution in [2.24, 2.45) is 0 Å². The van der Waals surface area contributed by atoms with E-state index in [0.717, 1.165) is 38.6 Å². The number of piperidine rings is 1. The molecule has 1 aliphatic rings. The van der Waals surface area contributed by atoms with Crippen LogP contribution in [-0.2, 0) is 16.0 Å². The van der Waals surface area contributed by atoms with Crippen molar-refractivity contribution >= 4 is 23.0 Å². The Balaban J connectivity index is 1.81. The number of carbonyl (C=O) groups excluding carboxylic acids is 2. The molecule has 1 fully saturated rings. The number of rotatable bonds is 6. The Labute approximate surface area is 125 Å². The molecule has 0 N–H and O–H groups in total. The summed E-state index contributed by atoms with van der Waals surface area (Å²) in [5.41, 5.74) is 0. The lowest BCUT2D eigenvalue weighted by atomic mass is 9.97. The van der Waals surface area contributed by atoms with Crippen LogP contribution in [0, 0.1) is 0 Å². The molecule has 1 unspecified atom stereocenters. The Morgan fingerprint density at radius 2 is 2.25 bits per heavy atom. The number of Topliss-reactive ketones (excluding diaryl/α,β-unsaturated/α-hetero) is 1. The van der Waals surface area contributed by atoms with Crippen LogP contribution in [0.3, 0.4) is 0 Å². The molecule has 1 atom stereocenters. The summed E-state index contributed by atoms with van der Waals surface area (Å²) in [5.74, 6) is 0.417. The van der Waals surface area contributed by atoms with E-state index >= 15 is 0 Å². The van der Waals surface area contributed by atoms with E-state index in [2.05, 4.69) is 17.5 Å². The van der Waals surface area contributed by atoms with Crippen LogP contribution >= 0.6 is 11.3 Å². The van der Waals surface area contributed by atoms with E-state index in [-0.39, 0.29) is 17.7 Å². The Morgan fingerprint density at radius 3 is 2.95 bits per heavy atom. The first-order valence-electron chi connectivity index (χ1n) is 7.48. The largest absolute Gasteiger partial charge is 0.339 e. The van der Waals surface area contributed by atoms with Crippen LogP contribution in [0.15, 0.2) is 17.5 Å². The van der Waals surface area contributed by atoms with E-state index in [9.17, 15) is 9.59 Å². The summed E-state index contributed by atoms with van der Waals surface area (Å²) >= 11 is 1.75. The summed E-state index contributed by atoms with van der Waals surface area (Å²) in [5, 5.41) is 2.07. The van der Waals surface area contributed by atoms with Gasteiger partial charge in [0.1, 0.15) is 5.78 Å². The molecule has 0 radical (unpaired) electrons. The molecule has 3 nitrogen and oxygen atoms in total. The van der Waals surface area contributed by atoms with Crippen molar-refractivity contribution in [2.45, 2.75) is 57.9 Å². The summed E-state index contributed by atoms with van der Waals surface area (Å²) in [7, 11) is 0. The first-order valence-corrected chi connectivity index (χ1v) is 8.36. The van der Waals surface area contributed by atoms with Gasteiger partial charge < -0.3 is 4.90 Å². The summed E-state index contributed by atoms with van der Waals surface area (Å²) in [6, 6.07) is 4.32. The molecule has 0 aromatic carbocycles. The lowest BCUT2D eigenvalue weighted by Crippen LogP contribution is -2.44. The molecule has 1 saturated heterocycles. The molecule has 1 amide bonds. The number of ketones is 1. The summed E-state index contributed by atoms with van der Waals surface area (Å²) < 4.78 is 0. The molecule has 1 aromatic heterocycles. The third-order valence-electron chi connectivity index (χ3n) is 3.86. The fourth-order valence-electron chi connectivity index (χ4n) is 2.89. The van der Waals surface area contributed by atoms with Crippen LogP contribution in [0.1, 0.15) is 50.3 Å². The maximum atomic E-state index is 12.3. The van der Waals surface area contributed by atoms with Crippen molar-refractivity contribution in [3.8, 4) is 0 Å². The second-order valence-corrected chi connectivity index (χ2v) is 6.61. The number of likely N-dealkylation sites (tertiary alicyclic amines) is 1. The standard InChI is InChI=1S/C16H23NO2S/c1-13(18)12-14-6-2-3-10-17(14)16(19)9-4-7-15-8-5-11-20-15/h5,8,11,14H,2-4,6-7,9-10,12H2,1H3. The Bertz CT molecular complexity index is 441. The lowest BCUT2D eigenvalue weighted by Gasteiger charge is -2.35. The number of thiophene rings is 1. The van der Waals surface area contributed by atoms with Gasteiger partial charge in [-0.2, -0.15) is 0 Å². The summed E-state index contributed by atoms with van der Waals surface area (Å²) in [4.78, 5) is 27.0. The van der Waals surface area contributed by atoms with Crippen molar-refractivity contribution in [3.05, 3.63) is 22.4 Å². The van der Waals surface area contributed by atoms with Crippen molar-refractivity contribution < 1.29 is 9.59 Å². The zero-order chi connectivity index (χ0) is 14.4. The van der Waals surface area contributed by atoms with Gasteiger partial charge in [-0.15, -0.1) is 11.3 Å². The van der Waals surface area contributed by atoms with Gasteiger partial charge in [-0.05, 0) is 50.5 Å². The molecule has 4 heteroatoms. The van der Waals surface area contributed by atoms with Gasteiger partial charge in [-0.3, -0.25) is 9.59 Å². The topological polar surface area (TPSA) is 37.4 Å². The van der Waals surface area contributed by atoms with Gasteiger partial charge in [-0.1, -0.05) is 6.07 Å². The van der Waals surface area contributed by atoms with Gasteiger partial charge in [0, 0.05) is 30.3 Å². The number of nitrogens with zero attached hydrogens (tertiary/aromatic N) is 1. The first kappa shape index (κ1) is 15.2. The summed E-state index contributed by atoms with van der Waals surface area (Å²) in [6.45, 7) is 2.45. The molecular formula is C16H23NO2S. The molecule has 2 heterocycles. The molecule has 0 aliphatic carbocycles. The van der Waals surface area contributed by atoms with Gasteiger partial charge >= 0.3 is 0 Å². The molecule has 2 rings (SSSR count). The molecule has 0 saturated carbocycles. The van der Waals surface area contributed by atoms with E-state index in [1.54, 1.807) is 18.3 Å². The van der Waals surface area contributed by atoms with Crippen LogP contribution in [0.25, 0.3) is 0 Å². The van der Waals surface area contributed by atoms with E-state index in [0.29, 0.717) is 12.8 Å². The normalized spacial score (nSPS) is 19.1. The fourth-order valence-corrected chi connectivity index (χ4v) is 3.64. The van der Waals surface area contributed by atoms with Crippen LogP contribution in [0.5, 0.6) is 0 Å². The molecule has 20 heavy (non-hydrogen) atoms. The number of aryl methyl sites for hydroxylation is 1. The smallest absolute Gasteiger partial charge is 0.222 e. The Hall–Kier alpha value is -1.16. The Kier molecular flexibility index (Phi) is 5.77. The summed E-state index contributed by atoms with van der Waals surface area (Å²) in [6.07, 6.45) is 6.21. The van der Waals surface area contributed by atoms with Crippen molar-refractivity contribution in [2.75, 3.05) is 6.54 Å². The minimum atomic E-state index is 0.149. The lowest BCUT2D eigenvalue weighted by molar-refractivity contribution is -0.135. The average Bonchev–Trinajstić information content (AvgIpc) is 2.91. The highest BCUT2D eigenvalue weighted by atomic mass is 32.1. The first-order chi connectivity index (χ1) is 9.66. The quantitative estimate of drug-likeness (QED) is 0.806. The Morgan fingerprint density at radius 1 is 1.40 bits per heavy atom. The minimum absolute atomic E-state index is 0.149. The van der Waals surface area contributed by atoms with Crippen LogP contribution < -0.4 is 0 Å². The number of hydrogen-bond acceptors (Lipinski definition) is 3. The van der Waals surface area contributed by atoms with Crippen LogP contribution in [0.2, 0.25) is 0 Å². The van der Waals surface area contributed by atoms with Gasteiger partial charge in [0.2, 0.25) is 5.91 Å². The minimum Gasteiger partial charge on any atom is -0.339 e. The molecule has 1 aliphatic heterocycles. The van der Waals surface area contributed by atoms with Crippen LogP contribution in [-0.4, -0.2) is 29.2 Å². The molecule has 1 aromatic rings. The SMILES string of the molecule is CC(=O)CC1CCCCN1C(=O)CCCc1cccs1. The monoisotopic (exact) mass is 293 g/mol. The van der Waals surface area contributed by atoms with Gasteiger partial charge in [0.05, 0.1) is 0 Å². The van der Waals surface area contributed by atoms with E-state index in [4.69, 9.17) is 0 Å². The predicted molar refractivity (Wildman–Crippen MR) is 81.9 cm³/mol. The van der Waals surface area contributed by atoms with Crippen molar-refractivity contribution in [3.63, 3.8) is 0 Å². The zero-order valence-corrected chi connectivity index (χ0v) is 13.0. The maximum Gasteiger partial charge on any atom is 0.222 e. The fraction of sp³-hybridized carbons (Fsp3) is 0.625. The molecular weight excluding hydrogens is 270 g/mol. The number of carbonyl (C=O) groups is 2.